The predicted molar refractivity (Wildman–Crippen MR) is 75.0 cm³/mol. The highest BCUT2D eigenvalue weighted by Crippen LogP contribution is 2.43. The van der Waals surface area contributed by atoms with Gasteiger partial charge in [-0.2, -0.15) is 0 Å². The van der Waals surface area contributed by atoms with Gasteiger partial charge in [0.25, 0.3) is 0 Å². The first-order valence-corrected chi connectivity index (χ1v) is 6.96. The zero-order valence-electron chi connectivity index (χ0n) is 9.22. The first-order chi connectivity index (χ1) is 8.54. The molecule has 2 rings (SSSR count). The molecule has 0 bridgehead atoms. The summed E-state index contributed by atoms with van der Waals surface area (Å²) < 4.78 is 20.0. The zero-order valence-corrected chi connectivity index (χ0v) is 12.3. The second-order valence-corrected chi connectivity index (χ2v) is 6.22. The number of methoxy groups -OCH3 is 1. The Morgan fingerprint density at radius 2 is 2.06 bits per heavy atom. The molecule has 6 heteroatoms. The number of halogens is 4. The molecule has 0 aliphatic heterocycles. The number of thiophene rings is 1. The summed E-state index contributed by atoms with van der Waals surface area (Å²) in [7, 11) is 1.46. The van der Waals surface area contributed by atoms with E-state index in [0.29, 0.717) is 20.0 Å². The van der Waals surface area contributed by atoms with Crippen LogP contribution in [0.2, 0.25) is 8.67 Å². The largest absolute Gasteiger partial charge is 0.496 e. The highest BCUT2D eigenvalue weighted by Gasteiger charge is 2.23. The Morgan fingerprint density at radius 3 is 2.61 bits per heavy atom. The molecule has 1 nitrogen and oxygen atoms in total. The highest BCUT2D eigenvalue weighted by molar-refractivity contribution is 7.20. The minimum absolute atomic E-state index is 0.262. The summed E-state index contributed by atoms with van der Waals surface area (Å²) in [4.78, 5) is 0. The van der Waals surface area contributed by atoms with Crippen LogP contribution in [0.5, 0.6) is 5.75 Å². The molecule has 0 aliphatic rings. The first kappa shape index (κ1) is 13.9. The number of benzene rings is 1. The Morgan fingerprint density at radius 1 is 1.33 bits per heavy atom. The van der Waals surface area contributed by atoms with E-state index in [-0.39, 0.29) is 5.56 Å². The van der Waals surface area contributed by atoms with Gasteiger partial charge in [0, 0.05) is 5.56 Å². The maximum atomic E-state index is 13.9. The van der Waals surface area contributed by atoms with Gasteiger partial charge in [0.15, 0.2) is 0 Å². The van der Waals surface area contributed by atoms with Crippen LogP contribution < -0.4 is 4.74 Å². The Balaban J connectivity index is 2.52. The normalized spacial score (nSPS) is 12.5. The molecule has 2 aromatic rings. The molecular weight excluding hydrogens is 318 g/mol. The fraction of sp³-hybridized carbons (Fsp3) is 0.167. The zero-order chi connectivity index (χ0) is 13.3. The maximum absolute atomic E-state index is 13.9. The number of ether oxygens (including phenoxy) is 1. The van der Waals surface area contributed by atoms with Crippen LogP contribution in [0.1, 0.15) is 16.5 Å². The second kappa shape index (κ2) is 5.66. The molecule has 0 saturated heterocycles. The first-order valence-electron chi connectivity index (χ1n) is 4.95. The van der Waals surface area contributed by atoms with E-state index in [1.165, 1.54) is 24.5 Å². The van der Waals surface area contributed by atoms with E-state index in [9.17, 15) is 4.39 Å². The molecule has 0 fully saturated rings. The van der Waals surface area contributed by atoms with Crippen molar-refractivity contribution in [1.29, 1.82) is 0 Å². The van der Waals surface area contributed by atoms with Crippen molar-refractivity contribution in [3.8, 4) is 5.75 Å². The molecule has 0 spiro atoms. The standard InChI is InChI=1S/C12H8Cl3FOS/c1-17-8-4-2-3-7(16)10(8)11(14)6-5-9(13)18-12(6)15/h2-5,11H,1H3. The molecule has 18 heavy (non-hydrogen) atoms. The van der Waals surface area contributed by atoms with Gasteiger partial charge in [-0.15, -0.1) is 22.9 Å². The van der Waals surface area contributed by atoms with Gasteiger partial charge in [0.1, 0.15) is 11.6 Å². The van der Waals surface area contributed by atoms with Crippen molar-refractivity contribution in [1.82, 2.24) is 0 Å². The summed E-state index contributed by atoms with van der Waals surface area (Å²) in [6, 6.07) is 6.17. The van der Waals surface area contributed by atoms with Gasteiger partial charge >= 0.3 is 0 Å². The topological polar surface area (TPSA) is 9.23 Å². The third-order valence-corrected chi connectivity index (χ3v) is 4.41. The SMILES string of the molecule is COc1cccc(F)c1C(Cl)c1cc(Cl)sc1Cl. The van der Waals surface area contributed by atoms with E-state index in [0.717, 1.165) is 0 Å². The highest BCUT2D eigenvalue weighted by atomic mass is 35.5. The molecule has 0 N–H and O–H groups in total. The third kappa shape index (κ3) is 2.59. The molecular formula is C12H8Cl3FOS. The van der Waals surface area contributed by atoms with Gasteiger partial charge in [-0.3, -0.25) is 0 Å². The van der Waals surface area contributed by atoms with Crippen molar-refractivity contribution in [2.24, 2.45) is 0 Å². The smallest absolute Gasteiger partial charge is 0.131 e. The molecule has 0 amide bonds. The van der Waals surface area contributed by atoms with Gasteiger partial charge in [-0.1, -0.05) is 29.3 Å². The number of hydrogen-bond donors (Lipinski definition) is 0. The molecule has 1 heterocycles. The van der Waals surface area contributed by atoms with Gasteiger partial charge in [0.05, 0.1) is 26.7 Å². The van der Waals surface area contributed by atoms with E-state index in [1.807, 2.05) is 0 Å². The quantitative estimate of drug-likeness (QED) is 0.674. The van der Waals surface area contributed by atoms with Crippen molar-refractivity contribution in [2.45, 2.75) is 5.38 Å². The third-order valence-electron chi connectivity index (χ3n) is 2.44. The van der Waals surface area contributed by atoms with E-state index >= 15 is 0 Å². The van der Waals surface area contributed by atoms with Gasteiger partial charge < -0.3 is 4.74 Å². The minimum Gasteiger partial charge on any atom is -0.496 e. The summed E-state index contributed by atoms with van der Waals surface area (Å²) >= 11 is 19.4. The Bertz CT molecular complexity index is 570. The fourth-order valence-corrected chi connectivity index (χ4v) is 3.66. The van der Waals surface area contributed by atoms with Gasteiger partial charge in [0.2, 0.25) is 0 Å². The van der Waals surface area contributed by atoms with Crippen LogP contribution in [0.4, 0.5) is 4.39 Å². The Hall–Kier alpha value is -0.480. The summed E-state index contributed by atoms with van der Waals surface area (Å²) in [6.45, 7) is 0. The van der Waals surface area contributed by atoms with Crippen molar-refractivity contribution < 1.29 is 9.13 Å². The van der Waals surface area contributed by atoms with Gasteiger partial charge in [-0.25, -0.2) is 4.39 Å². The Kier molecular flexibility index (Phi) is 4.38. The monoisotopic (exact) mass is 324 g/mol. The molecule has 1 aromatic carbocycles. The van der Waals surface area contributed by atoms with Gasteiger partial charge in [-0.05, 0) is 18.2 Å². The molecule has 0 aliphatic carbocycles. The lowest BCUT2D eigenvalue weighted by atomic mass is 10.1. The van der Waals surface area contributed by atoms with Crippen LogP contribution in [0.15, 0.2) is 24.3 Å². The summed E-state index contributed by atoms with van der Waals surface area (Å²) in [6.07, 6.45) is 0. The summed E-state index contributed by atoms with van der Waals surface area (Å²) in [5, 5.41) is -0.739. The molecule has 96 valence electrons. The number of alkyl halides is 1. The average Bonchev–Trinajstić information content (AvgIpc) is 2.67. The van der Waals surface area contributed by atoms with Crippen LogP contribution in [0, 0.1) is 5.82 Å². The van der Waals surface area contributed by atoms with Crippen molar-refractivity contribution in [2.75, 3.05) is 7.11 Å². The lowest BCUT2D eigenvalue weighted by molar-refractivity contribution is 0.405. The van der Waals surface area contributed by atoms with Crippen LogP contribution >= 0.6 is 46.1 Å². The molecule has 1 atom stereocenters. The lowest BCUT2D eigenvalue weighted by Gasteiger charge is -2.14. The number of rotatable bonds is 3. The summed E-state index contributed by atoms with van der Waals surface area (Å²) in [5.74, 6) is -0.0545. The molecule has 1 unspecified atom stereocenters. The predicted octanol–water partition coefficient (Wildman–Crippen LogP) is 5.53. The lowest BCUT2D eigenvalue weighted by Crippen LogP contribution is -2.00. The van der Waals surface area contributed by atoms with Crippen molar-refractivity contribution >= 4 is 46.1 Å². The van der Waals surface area contributed by atoms with Crippen molar-refractivity contribution in [3.05, 3.63) is 49.9 Å². The maximum Gasteiger partial charge on any atom is 0.131 e. The Labute approximate surface area is 123 Å². The van der Waals surface area contributed by atoms with Crippen LogP contribution in [-0.4, -0.2) is 7.11 Å². The molecule has 0 saturated carbocycles. The molecule has 1 aromatic heterocycles. The van der Waals surface area contributed by atoms with Crippen molar-refractivity contribution in [3.63, 3.8) is 0 Å². The van der Waals surface area contributed by atoms with E-state index in [2.05, 4.69) is 0 Å². The minimum atomic E-state index is -0.739. The van der Waals surface area contributed by atoms with Crippen LogP contribution in [0.3, 0.4) is 0 Å². The van der Waals surface area contributed by atoms with E-state index < -0.39 is 11.2 Å². The van der Waals surface area contributed by atoms with Crippen LogP contribution in [-0.2, 0) is 0 Å². The van der Waals surface area contributed by atoms with Crippen LogP contribution in [0.25, 0.3) is 0 Å². The van der Waals surface area contributed by atoms with E-state index in [1.54, 1.807) is 18.2 Å². The fourth-order valence-electron chi connectivity index (χ4n) is 1.62. The second-order valence-electron chi connectivity index (χ2n) is 3.50. The average molecular weight is 326 g/mol. The summed E-state index contributed by atoms with van der Waals surface area (Å²) in [5.41, 5.74) is 0.842. The van der Waals surface area contributed by atoms with E-state index in [4.69, 9.17) is 39.5 Å². The molecule has 0 radical (unpaired) electrons. The number of hydrogen-bond acceptors (Lipinski definition) is 2.